The molecule has 32 heteroatoms. The summed E-state index contributed by atoms with van der Waals surface area (Å²) in [6, 6.07) is 20.2. The number of aromatic nitrogens is 3. The van der Waals surface area contributed by atoms with E-state index in [1.54, 1.807) is 49.9 Å². The summed E-state index contributed by atoms with van der Waals surface area (Å²) in [6.45, 7) is 16.2. The number of hydrogen-bond donors (Lipinski definition) is 8. The number of allylic oxidation sites excluding steroid dienone is 4. The molecule has 0 bridgehead atoms. The second-order valence-corrected chi connectivity index (χ2v) is 31.4. The van der Waals surface area contributed by atoms with Gasteiger partial charge in [0.1, 0.15) is 19.3 Å². The van der Waals surface area contributed by atoms with Gasteiger partial charge in [-0.05, 0) is 117 Å². The lowest BCUT2D eigenvalue weighted by Gasteiger charge is -2.63. The number of anilines is 2. The number of ketones is 3. The highest BCUT2D eigenvalue weighted by molar-refractivity contribution is 6.02. The van der Waals surface area contributed by atoms with Crippen molar-refractivity contribution in [3.8, 4) is 22.5 Å². The molecule has 30 nitrogen and oxygen atoms in total. The van der Waals surface area contributed by atoms with Gasteiger partial charge in [0.05, 0.1) is 128 Å². The number of aromatic amines is 1. The molecule has 0 unspecified atom stereocenters. The Kier molecular flexibility index (Phi) is 33.4. The smallest absolute Gasteiger partial charge is 0.407 e. The van der Waals surface area contributed by atoms with Gasteiger partial charge in [0.2, 0.25) is 29.3 Å². The molecular formula is C85H117F2N10O20+. The van der Waals surface area contributed by atoms with Crippen LogP contribution in [0.15, 0.2) is 96.6 Å². The van der Waals surface area contributed by atoms with Crippen molar-refractivity contribution in [3.05, 3.63) is 108 Å². The number of para-hydroxylation sites is 1. The Morgan fingerprint density at radius 2 is 1.40 bits per heavy atom. The number of ether oxygens (including phenoxy) is 10. The monoisotopic (exact) mass is 1640 g/mol. The molecule has 7 amide bonds. The number of fused-ring (bicyclic) bond motifs is 12. The zero-order valence-corrected chi connectivity index (χ0v) is 68.1. The number of aliphatic hydroxyl groups is 1. The maximum Gasteiger partial charge on any atom is 0.407 e. The highest BCUT2D eigenvalue weighted by Crippen LogP contribution is 2.72. The van der Waals surface area contributed by atoms with Crippen molar-refractivity contribution in [1.82, 2.24) is 31.6 Å². The van der Waals surface area contributed by atoms with Crippen LogP contribution in [0.2, 0.25) is 0 Å². The maximum atomic E-state index is 18.0. The highest BCUT2D eigenvalue weighted by Gasteiger charge is 2.80. The minimum atomic E-state index is -2.39. The molecule has 6 aliphatic rings. The summed E-state index contributed by atoms with van der Waals surface area (Å²) in [7, 11) is 0. The molecule has 1 aromatic heterocycles. The lowest BCUT2D eigenvalue weighted by atomic mass is 9.44. The number of nitrogens with one attached hydrogen (secondary N) is 6. The average molecular weight is 1640 g/mol. The van der Waals surface area contributed by atoms with Crippen molar-refractivity contribution >= 4 is 64.5 Å². The molecule has 3 heterocycles. The number of carbonyl (C=O) groups excluding carboxylic acids is 9. The molecule has 4 fully saturated rings. The van der Waals surface area contributed by atoms with Gasteiger partial charge in [-0.1, -0.05) is 107 Å². The van der Waals surface area contributed by atoms with E-state index < -0.39 is 113 Å². The van der Waals surface area contributed by atoms with Gasteiger partial charge in [0, 0.05) is 84.4 Å². The summed E-state index contributed by atoms with van der Waals surface area (Å²) in [5.74, 6) is -5.87. The first-order valence-electron chi connectivity index (χ1n) is 41.1. The standard InChI is InChI=1S/C85H116F2N10O20/c1-7-9-33-108-37-41-112-44-40-111-36-32-97-78-61-18-11-10-16-58(61)53-96(67-20-13-12-19-62(67)77(78)94-95-97)74(104)26-25-72(102)89-31-35-110-39-43-114-46-45-113-42-38-109-34-28-73(103)93-76(55(3)4)68(99)47-57(17-14-30-90-80(88)106)79(105)92-59-23-21-56(22-24-59)54-115-81(107)91-52-70(101)85-71(116-75(117-85)15-8-2)50-63-64-49-66(86)65-48-60(98)27-29-82(65,5)84(64,87)69(100)51-83(63,85)6/h10-13,16,18-24,27,29,48,55,57,63-64,66,69,71,75-76,100H,7-9,14-15,17,25-26,28,30-47,49-54H2,1-6H3,(H7,88,89,90,91,92,93,102,103,105,106,107)/p+1/t57-,63+,64+,66+,69+,71-,75+,76+,82+,83+,84+,85-/m1/s1. The van der Waals surface area contributed by atoms with Gasteiger partial charge in [0.15, 0.2) is 34.9 Å². The number of halogens is 2. The lowest BCUT2D eigenvalue weighted by molar-refractivity contribution is -0.744. The molecule has 10 rings (SSSR count). The van der Waals surface area contributed by atoms with Crippen LogP contribution in [-0.4, -0.2) is 223 Å². The summed E-state index contributed by atoms with van der Waals surface area (Å²) >= 11 is 0. The number of alkyl carbamates (subject to hydrolysis) is 1. The van der Waals surface area contributed by atoms with Crippen molar-refractivity contribution in [2.75, 3.05) is 122 Å². The van der Waals surface area contributed by atoms with E-state index >= 15 is 8.78 Å². The van der Waals surface area contributed by atoms with Gasteiger partial charge >= 0.3 is 12.1 Å². The molecule has 4 aromatic rings. The van der Waals surface area contributed by atoms with E-state index in [2.05, 4.69) is 38.7 Å². The third-order valence-electron chi connectivity index (χ3n) is 23.2. The number of alkyl halides is 2. The molecule has 3 saturated carbocycles. The second kappa shape index (κ2) is 43.2. The van der Waals surface area contributed by atoms with E-state index in [1.165, 1.54) is 19.1 Å². The maximum absolute atomic E-state index is 18.0. The predicted octanol–water partition coefficient (Wildman–Crippen LogP) is 7.89. The van der Waals surface area contributed by atoms with E-state index in [1.807, 2.05) is 60.1 Å². The Hall–Kier alpha value is -8.83. The summed E-state index contributed by atoms with van der Waals surface area (Å²) in [5.41, 5.74) is 4.00. The van der Waals surface area contributed by atoms with Crippen LogP contribution in [0.25, 0.3) is 22.5 Å². The zero-order valence-electron chi connectivity index (χ0n) is 68.1. The average Bonchev–Trinajstić information content (AvgIpc) is 1.54. The molecule has 3 aromatic carbocycles. The van der Waals surface area contributed by atoms with Gasteiger partial charge in [-0.15, -0.1) is 0 Å². The topological polar surface area (TPSA) is 388 Å². The van der Waals surface area contributed by atoms with E-state index in [9.17, 15) is 48.3 Å². The molecule has 117 heavy (non-hydrogen) atoms. The van der Waals surface area contributed by atoms with Crippen molar-refractivity contribution < 1.29 is 109 Å². The van der Waals surface area contributed by atoms with Crippen LogP contribution in [0, 0.1) is 34.5 Å². The number of Topliss-reactive ketones (excluding diaryl/α,β-unsaturated/α-hetero) is 2. The van der Waals surface area contributed by atoms with Crippen LogP contribution in [-0.2, 0) is 101 Å². The Morgan fingerprint density at radius 3 is 2.09 bits per heavy atom. The Labute approximate surface area is 681 Å². The van der Waals surface area contributed by atoms with Crippen LogP contribution in [0.1, 0.15) is 136 Å². The summed E-state index contributed by atoms with van der Waals surface area (Å²) in [6.07, 6.45) is 0.549. The number of aliphatic hydroxyl groups excluding tert-OH is 1. The van der Waals surface area contributed by atoms with Gasteiger partial charge in [-0.25, -0.2) is 18.4 Å². The van der Waals surface area contributed by atoms with Crippen LogP contribution < -0.4 is 41.9 Å². The SMILES string of the molecule is CCCCOCCOCCOCC[n+]1[nH]nc2c1-c1ccccc1CN(C(=O)CCC(=O)NCCOCCOCCOCCOCCC(=O)N[C@H](C(=O)C[C@@H](CCCNC(N)=O)C(=O)Nc1ccc(COC(=O)NCC(=O)[C@@]34O[C@@H](CCC)O[C@@H]3C[C@H]3[C@@H]5C[C@H](F)C6=CC(=O)C=C[C@]6(C)[C@@]5(F)[C@@H](O)C[C@@]34C)cc1)C(C)C)c1ccccc1-2. The number of nitrogens with zero attached hydrogens (tertiary/aromatic N) is 3. The second-order valence-electron chi connectivity index (χ2n) is 31.4. The van der Waals surface area contributed by atoms with Crippen molar-refractivity contribution in [2.45, 2.75) is 187 Å². The number of rotatable bonds is 48. The highest BCUT2D eigenvalue weighted by atomic mass is 19.1. The van der Waals surface area contributed by atoms with Crippen LogP contribution in [0.3, 0.4) is 0 Å². The number of carbonyl (C=O) groups is 9. The van der Waals surface area contributed by atoms with E-state index in [4.69, 9.17) is 58.2 Å². The number of urea groups is 1. The normalized spacial score (nSPS) is 23.9. The molecular weight excluding hydrogens is 1520 g/mol. The largest absolute Gasteiger partial charge is 0.445 e. The summed E-state index contributed by atoms with van der Waals surface area (Å²) < 4.78 is 94.3. The van der Waals surface area contributed by atoms with Gasteiger partial charge in [-0.2, -0.15) is 4.68 Å². The van der Waals surface area contributed by atoms with Crippen molar-refractivity contribution in [1.29, 1.82) is 0 Å². The number of H-pyrrole nitrogens is 1. The third-order valence-corrected chi connectivity index (χ3v) is 23.2. The molecule has 12 atom stereocenters. The molecule has 2 aliphatic heterocycles. The number of unbranched alkanes of at least 4 members (excludes halogenated alkanes) is 1. The minimum Gasteiger partial charge on any atom is -0.445 e. The van der Waals surface area contributed by atoms with Crippen LogP contribution in [0.4, 0.5) is 29.7 Å². The molecule has 9 N–H and O–H groups in total. The van der Waals surface area contributed by atoms with Crippen LogP contribution in [0.5, 0.6) is 0 Å². The third kappa shape index (κ3) is 22.4. The molecule has 640 valence electrons. The van der Waals surface area contributed by atoms with Crippen LogP contribution >= 0.6 is 0 Å². The van der Waals surface area contributed by atoms with E-state index in [0.717, 1.165) is 47.9 Å². The molecule has 0 spiro atoms. The number of benzene rings is 3. The van der Waals surface area contributed by atoms with Crippen molar-refractivity contribution in [3.63, 3.8) is 0 Å². The fourth-order valence-corrected chi connectivity index (χ4v) is 17.2. The lowest BCUT2D eigenvalue weighted by Crippen LogP contribution is -2.71. The first-order chi connectivity index (χ1) is 56.4. The number of primary amides is 1. The molecule has 4 aliphatic carbocycles. The summed E-state index contributed by atoms with van der Waals surface area (Å²) in [5, 5.41) is 33.4. The van der Waals surface area contributed by atoms with Crippen molar-refractivity contribution in [2.24, 2.45) is 40.2 Å². The Balaban J connectivity index is 0.582. The van der Waals surface area contributed by atoms with Gasteiger partial charge < -0.3 is 89.7 Å². The van der Waals surface area contributed by atoms with E-state index in [-0.39, 0.29) is 160 Å². The van der Waals surface area contributed by atoms with E-state index in [0.29, 0.717) is 81.5 Å². The zero-order chi connectivity index (χ0) is 83.7. The molecule has 1 saturated heterocycles. The first-order valence-corrected chi connectivity index (χ1v) is 41.1. The van der Waals surface area contributed by atoms with Gasteiger partial charge in [-0.3, -0.25) is 33.6 Å². The molecule has 0 radical (unpaired) electrons. The Bertz CT molecular complexity index is 4110. The predicted molar refractivity (Wildman–Crippen MR) is 425 cm³/mol. The quantitative estimate of drug-likeness (QED) is 0.0154. The fourth-order valence-electron chi connectivity index (χ4n) is 17.2. The Morgan fingerprint density at radius 1 is 0.744 bits per heavy atom. The fraction of sp³-hybridized carbons (Fsp3) is 0.612. The first kappa shape index (κ1) is 90.5. The minimum absolute atomic E-state index is 0.0170. The number of amides is 7. The van der Waals surface area contributed by atoms with Gasteiger partial charge in [0.25, 0.3) is 5.69 Å². The number of nitrogens with two attached hydrogens (primary N) is 1. The number of hydrogen-bond acceptors (Lipinski definition) is 21. The summed E-state index contributed by atoms with van der Waals surface area (Å²) in [4.78, 5) is 122.